The number of halogens is 5. The van der Waals surface area contributed by atoms with E-state index in [2.05, 4.69) is 10.4 Å². The van der Waals surface area contributed by atoms with Crippen LogP contribution in [0.15, 0.2) is 18.2 Å². The topological polar surface area (TPSA) is 39.1 Å². The Labute approximate surface area is 176 Å². The van der Waals surface area contributed by atoms with Crippen molar-refractivity contribution < 1.29 is 17.9 Å². The third kappa shape index (κ3) is 3.00. The third-order valence-corrected chi connectivity index (χ3v) is 7.55. The van der Waals surface area contributed by atoms with E-state index in [1.165, 1.54) is 0 Å². The second kappa shape index (κ2) is 6.61. The van der Waals surface area contributed by atoms with Gasteiger partial charge in [-0.25, -0.2) is 0 Å². The fourth-order valence-electron chi connectivity index (χ4n) is 5.31. The highest BCUT2D eigenvalue weighted by atomic mass is 35.5. The maximum Gasteiger partial charge on any atom is 0.435 e. The summed E-state index contributed by atoms with van der Waals surface area (Å²) < 4.78 is 47.5. The Hall–Kier alpha value is -1.28. The molecule has 4 nitrogen and oxygen atoms in total. The highest BCUT2D eigenvalue weighted by Gasteiger charge is 2.68. The fourth-order valence-corrected chi connectivity index (χ4v) is 5.61. The molecular formula is C20H20Cl2F3N3O. The summed E-state index contributed by atoms with van der Waals surface area (Å²) in [5.41, 5.74) is 0.822. The van der Waals surface area contributed by atoms with Crippen LogP contribution in [-0.4, -0.2) is 29.5 Å². The average molecular weight is 446 g/mol. The Morgan fingerprint density at radius 3 is 2.83 bits per heavy atom. The number of benzene rings is 1. The van der Waals surface area contributed by atoms with E-state index in [1.54, 1.807) is 10.7 Å². The van der Waals surface area contributed by atoms with E-state index in [-0.39, 0.29) is 23.0 Å². The van der Waals surface area contributed by atoms with Crippen LogP contribution in [0.2, 0.25) is 10.0 Å². The van der Waals surface area contributed by atoms with Crippen LogP contribution in [0.5, 0.6) is 0 Å². The van der Waals surface area contributed by atoms with Crippen LogP contribution in [0.1, 0.15) is 35.4 Å². The quantitative estimate of drug-likeness (QED) is 0.749. The molecule has 2 aromatic rings. The van der Waals surface area contributed by atoms with Gasteiger partial charge in [-0.15, -0.1) is 0 Å². The minimum atomic E-state index is -4.48. The molecule has 1 aromatic carbocycles. The normalized spacial score (nSPS) is 28.7. The first-order valence-corrected chi connectivity index (χ1v) is 10.4. The molecular weight excluding hydrogens is 426 g/mol. The molecule has 2 fully saturated rings. The smallest absolute Gasteiger partial charge is 0.376 e. The van der Waals surface area contributed by atoms with Crippen molar-refractivity contribution in [3.05, 3.63) is 50.8 Å². The third-order valence-electron chi connectivity index (χ3n) is 6.81. The minimum Gasteiger partial charge on any atom is -0.376 e. The summed E-state index contributed by atoms with van der Waals surface area (Å²) >= 11 is 12.4. The molecule has 1 saturated carbocycles. The molecule has 2 unspecified atom stereocenters. The summed E-state index contributed by atoms with van der Waals surface area (Å²) in [6.07, 6.45) is -2.24. The first-order valence-electron chi connectivity index (χ1n) is 9.66. The second-order valence-corrected chi connectivity index (χ2v) is 9.14. The number of alkyl halides is 3. The van der Waals surface area contributed by atoms with Gasteiger partial charge in [-0.3, -0.25) is 4.68 Å². The number of piperidine rings is 1. The van der Waals surface area contributed by atoms with Crippen molar-refractivity contribution in [2.45, 2.75) is 44.0 Å². The van der Waals surface area contributed by atoms with Gasteiger partial charge in [0, 0.05) is 41.6 Å². The SMILES string of the molecule is FC(F)(F)c1nn(CC23CNCCC2(c2ccc(Cl)c(Cl)c2)C3)c2c1COCC2. The first-order chi connectivity index (χ1) is 13.8. The summed E-state index contributed by atoms with van der Waals surface area (Å²) in [7, 11) is 0. The Bertz CT molecular complexity index is 977. The summed E-state index contributed by atoms with van der Waals surface area (Å²) in [6, 6.07) is 5.70. The summed E-state index contributed by atoms with van der Waals surface area (Å²) in [5, 5.41) is 8.46. The molecule has 3 aliphatic rings. The lowest BCUT2D eigenvalue weighted by Crippen LogP contribution is -2.41. The predicted molar refractivity (Wildman–Crippen MR) is 103 cm³/mol. The predicted octanol–water partition coefficient (Wildman–Crippen LogP) is 4.60. The lowest BCUT2D eigenvalue weighted by atomic mass is 9.81. The Morgan fingerprint density at radius 2 is 2.07 bits per heavy atom. The number of aromatic nitrogens is 2. The van der Waals surface area contributed by atoms with Gasteiger partial charge in [-0.2, -0.15) is 18.3 Å². The Balaban J connectivity index is 1.53. The fraction of sp³-hybridized carbons (Fsp3) is 0.550. The van der Waals surface area contributed by atoms with Crippen molar-refractivity contribution in [2.75, 3.05) is 19.7 Å². The van der Waals surface area contributed by atoms with Crippen molar-refractivity contribution in [3.8, 4) is 0 Å². The lowest BCUT2D eigenvalue weighted by Gasteiger charge is -2.32. The van der Waals surface area contributed by atoms with Crippen LogP contribution in [0, 0.1) is 5.41 Å². The molecule has 0 radical (unpaired) electrons. The molecule has 3 heterocycles. The minimum absolute atomic E-state index is 0.0344. The average Bonchev–Trinajstić information content (AvgIpc) is 3.22. The number of fused-ring (bicyclic) bond motifs is 2. The van der Waals surface area contributed by atoms with Gasteiger partial charge in [-0.05, 0) is 37.1 Å². The number of nitrogens with one attached hydrogen (secondary N) is 1. The van der Waals surface area contributed by atoms with Crippen molar-refractivity contribution in [3.63, 3.8) is 0 Å². The van der Waals surface area contributed by atoms with E-state index in [0.29, 0.717) is 35.3 Å². The van der Waals surface area contributed by atoms with E-state index in [0.717, 1.165) is 31.5 Å². The van der Waals surface area contributed by atoms with Crippen LogP contribution in [0.3, 0.4) is 0 Å². The van der Waals surface area contributed by atoms with Crippen LogP contribution >= 0.6 is 23.2 Å². The molecule has 0 amide bonds. The Morgan fingerprint density at radius 1 is 1.24 bits per heavy atom. The summed E-state index contributed by atoms with van der Waals surface area (Å²) in [4.78, 5) is 0. The van der Waals surface area contributed by atoms with Gasteiger partial charge < -0.3 is 10.1 Å². The number of ether oxygens (including phenoxy) is 1. The van der Waals surface area contributed by atoms with Gasteiger partial charge in [0.25, 0.3) is 0 Å². The van der Waals surface area contributed by atoms with Gasteiger partial charge >= 0.3 is 6.18 Å². The molecule has 156 valence electrons. The van der Waals surface area contributed by atoms with E-state index in [1.807, 2.05) is 12.1 Å². The van der Waals surface area contributed by atoms with Crippen molar-refractivity contribution in [1.29, 1.82) is 0 Å². The van der Waals surface area contributed by atoms with E-state index in [9.17, 15) is 13.2 Å². The molecule has 0 bridgehead atoms. The molecule has 1 N–H and O–H groups in total. The zero-order chi connectivity index (χ0) is 20.4. The highest BCUT2D eigenvalue weighted by molar-refractivity contribution is 6.42. The number of hydrogen-bond donors (Lipinski definition) is 1. The molecule has 5 rings (SSSR count). The summed E-state index contributed by atoms with van der Waals surface area (Å²) in [5.74, 6) is 0. The Kier molecular flexibility index (Phi) is 4.48. The number of rotatable bonds is 3. The largest absolute Gasteiger partial charge is 0.435 e. The maximum atomic E-state index is 13.5. The van der Waals surface area contributed by atoms with Crippen molar-refractivity contribution in [2.24, 2.45) is 5.41 Å². The van der Waals surface area contributed by atoms with Crippen LogP contribution in [-0.2, 0) is 35.9 Å². The van der Waals surface area contributed by atoms with Crippen molar-refractivity contribution >= 4 is 23.2 Å². The highest BCUT2D eigenvalue weighted by Crippen LogP contribution is 2.68. The zero-order valence-electron chi connectivity index (χ0n) is 15.6. The van der Waals surface area contributed by atoms with E-state index >= 15 is 0 Å². The number of nitrogens with zero attached hydrogens (tertiary/aromatic N) is 2. The van der Waals surface area contributed by atoms with Crippen LogP contribution in [0.25, 0.3) is 0 Å². The zero-order valence-corrected chi connectivity index (χ0v) is 17.1. The standard InChI is InChI=1S/C20H20Cl2F3N3O/c21-14-2-1-12(7-15(14)22)19-4-5-26-10-18(19,9-19)11-28-16-3-6-29-8-13(16)17(27-28)20(23,24)25/h1-2,7,26H,3-6,8-11H2. The maximum absolute atomic E-state index is 13.5. The molecule has 2 atom stereocenters. The molecule has 0 spiro atoms. The first kappa shape index (κ1) is 19.7. The monoisotopic (exact) mass is 445 g/mol. The van der Waals surface area contributed by atoms with Crippen LogP contribution in [0.4, 0.5) is 13.2 Å². The molecule has 1 aromatic heterocycles. The van der Waals surface area contributed by atoms with Crippen LogP contribution < -0.4 is 5.32 Å². The lowest BCUT2D eigenvalue weighted by molar-refractivity contribution is -0.142. The van der Waals surface area contributed by atoms with E-state index in [4.69, 9.17) is 27.9 Å². The van der Waals surface area contributed by atoms with Gasteiger partial charge in [0.05, 0.1) is 23.3 Å². The second-order valence-electron chi connectivity index (χ2n) is 8.33. The molecule has 29 heavy (non-hydrogen) atoms. The van der Waals surface area contributed by atoms with Gasteiger partial charge in [0.1, 0.15) is 0 Å². The van der Waals surface area contributed by atoms with Crippen molar-refractivity contribution in [1.82, 2.24) is 15.1 Å². The van der Waals surface area contributed by atoms with Gasteiger partial charge in [-0.1, -0.05) is 29.3 Å². The summed E-state index contributed by atoms with van der Waals surface area (Å²) in [6.45, 7) is 2.42. The van der Waals surface area contributed by atoms with Gasteiger partial charge in [0.15, 0.2) is 5.69 Å². The van der Waals surface area contributed by atoms with Gasteiger partial charge in [0.2, 0.25) is 0 Å². The molecule has 9 heteroatoms. The molecule has 1 saturated heterocycles. The molecule has 2 aliphatic heterocycles. The number of hydrogen-bond acceptors (Lipinski definition) is 3. The molecule has 1 aliphatic carbocycles. The van der Waals surface area contributed by atoms with E-state index < -0.39 is 11.9 Å².